The number of rotatable bonds is 6. The zero-order valence-corrected chi connectivity index (χ0v) is 18.2. The van der Waals surface area contributed by atoms with Gasteiger partial charge in [-0.3, -0.25) is 14.4 Å². The second-order valence-electron chi connectivity index (χ2n) is 7.44. The number of amides is 2. The van der Waals surface area contributed by atoms with E-state index in [2.05, 4.69) is 26.6 Å². The van der Waals surface area contributed by atoms with Crippen LogP contribution in [0.2, 0.25) is 0 Å². The predicted octanol–water partition coefficient (Wildman–Crippen LogP) is 2.53. The number of carbonyl (C=O) groups is 3. The number of phenols is 1. The van der Waals surface area contributed by atoms with E-state index >= 15 is 0 Å². The van der Waals surface area contributed by atoms with Crippen molar-refractivity contribution < 1.29 is 24.2 Å². The third-order valence-corrected chi connectivity index (χ3v) is 5.88. The summed E-state index contributed by atoms with van der Waals surface area (Å²) in [6.07, 6.45) is -0.477. The van der Waals surface area contributed by atoms with Gasteiger partial charge in [0.15, 0.2) is 5.78 Å². The molecule has 1 aliphatic heterocycles. The number of carbonyl (C=O) groups excluding carboxylic acids is 3. The summed E-state index contributed by atoms with van der Waals surface area (Å²) in [5.74, 6) is -1.80. The van der Waals surface area contributed by atoms with Crippen LogP contribution in [-0.2, 0) is 14.3 Å². The summed E-state index contributed by atoms with van der Waals surface area (Å²) in [5, 5.41) is 15.4. The molecule has 2 aromatic carbocycles. The van der Waals surface area contributed by atoms with Gasteiger partial charge in [0.05, 0.1) is 12.0 Å². The van der Waals surface area contributed by atoms with Crippen molar-refractivity contribution in [3.05, 3.63) is 64.1 Å². The second-order valence-corrected chi connectivity index (χ2v) is 8.35. The van der Waals surface area contributed by atoms with E-state index in [1.54, 1.807) is 44.2 Å². The van der Waals surface area contributed by atoms with Gasteiger partial charge < -0.3 is 20.5 Å². The molecule has 2 aromatic rings. The average molecular weight is 475 g/mol. The fraction of sp³-hybridized carbons (Fsp3) is 0.318. The van der Waals surface area contributed by atoms with E-state index in [0.717, 1.165) is 4.47 Å². The lowest BCUT2D eigenvalue weighted by Crippen LogP contribution is -2.57. The fourth-order valence-corrected chi connectivity index (χ4v) is 3.69. The molecule has 1 saturated heterocycles. The molecule has 0 bridgehead atoms. The highest BCUT2D eigenvalue weighted by Gasteiger charge is 2.47. The maximum absolute atomic E-state index is 13.2. The molecular weight excluding hydrogens is 452 g/mol. The van der Waals surface area contributed by atoms with E-state index in [4.69, 9.17) is 4.74 Å². The van der Waals surface area contributed by atoms with E-state index in [0.29, 0.717) is 11.1 Å². The van der Waals surface area contributed by atoms with Crippen LogP contribution >= 0.6 is 15.9 Å². The highest BCUT2D eigenvalue weighted by atomic mass is 79.9. The number of benzene rings is 2. The van der Waals surface area contributed by atoms with Crippen molar-refractivity contribution in [2.24, 2.45) is 0 Å². The van der Waals surface area contributed by atoms with Crippen molar-refractivity contribution in [1.82, 2.24) is 10.6 Å². The number of hydrogen-bond donors (Lipinski definition) is 3. The predicted molar refractivity (Wildman–Crippen MR) is 114 cm³/mol. The first kappa shape index (κ1) is 22.0. The maximum Gasteiger partial charge on any atom is 0.251 e. The van der Waals surface area contributed by atoms with Crippen molar-refractivity contribution >= 4 is 33.5 Å². The largest absolute Gasteiger partial charge is 0.508 e. The Bertz CT molecular complexity index is 980. The number of nitrogens with one attached hydrogen (secondary N) is 2. The van der Waals surface area contributed by atoms with E-state index in [9.17, 15) is 19.5 Å². The monoisotopic (exact) mass is 474 g/mol. The molecule has 1 aliphatic rings. The molecule has 0 aliphatic carbocycles. The van der Waals surface area contributed by atoms with E-state index in [1.165, 1.54) is 12.1 Å². The molecular formula is C22H23BrN2O5. The van der Waals surface area contributed by atoms with Crippen LogP contribution in [0.15, 0.2) is 53.0 Å². The zero-order chi connectivity index (χ0) is 21.9. The van der Waals surface area contributed by atoms with Gasteiger partial charge in [0.1, 0.15) is 17.9 Å². The summed E-state index contributed by atoms with van der Waals surface area (Å²) in [5.41, 5.74) is -0.190. The van der Waals surface area contributed by atoms with Crippen LogP contribution in [0.4, 0.5) is 0 Å². The van der Waals surface area contributed by atoms with E-state index < -0.39 is 23.5 Å². The molecule has 30 heavy (non-hydrogen) atoms. The highest BCUT2D eigenvalue weighted by molar-refractivity contribution is 9.10. The van der Waals surface area contributed by atoms with Crippen molar-refractivity contribution in [1.29, 1.82) is 0 Å². The summed E-state index contributed by atoms with van der Waals surface area (Å²) in [4.78, 5) is 38.0. The molecule has 1 heterocycles. The summed E-state index contributed by atoms with van der Waals surface area (Å²) >= 11 is 3.33. The van der Waals surface area contributed by atoms with Gasteiger partial charge in [-0.15, -0.1) is 0 Å². The Hall–Kier alpha value is -2.71. The van der Waals surface area contributed by atoms with Gasteiger partial charge in [0.25, 0.3) is 5.91 Å². The first-order valence-corrected chi connectivity index (χ1v) is 10.3. The molecule has 0 spiro atoms. The molecule has 0 saturated carbocycles. The van der Waals surface area contributed by atoms with Crippen LogP contribution in [0.5, 0.6) is 5.75 Å². The Kier molecular flexibility index (Phi) is 6.58. The van der Waals surface area contributed by atoms with Crippen molar-refractivity contribution in [3.8, 4) is 5.75 Å². The molecule has 3 rings (SSSR count). The van der Waals surface area contributed by atoms with E-state index in [1.807, 2.05) is 6.07 Å². The topological polar surface area (TPSA) is 105 Å². The quantitative estimate of drug-likeness (QED) is 0.596. The minimum atomic E-state index is -1.15. The number of halogens is 1. The lowest BCUT2D eigenvalue weighted by Gasteiger charge is -2.29. The fourth-order valence-electron chi connectivity index (χ4n) is 3.29. The highest BCUT2D eigenvalue weighted by Crippen LogP contribution is 2.26. The van der Waals surface area contributed by atoms with Crippen LogP contribution in [0.1, 0.15) is 35.7 Å². The van der Waals surface area contributed by atoms with Crippen LogP contribution in [-0.4, -0.2) is 47.5 Å². The van der Waals surface area contributed by atoms with Crippen LogP contribution in [0.3, 0.4) is 0 Å². The smallest absolute Gasteiger partial charge is 0.251 e. The van der Waals surface area contributed by atoms with Gasteiger partial charge in [-0.05, 0) is 49.7 Å². The maximum atomic E-state index is 13.2. The molecule has 8 heteroatoms. The Morgan fingerprint density at radius 1 is 1.27 bits per heavy atom. The van der Waals surface area contributed by atoms with Gasteiger partial charge in [0.2, 0.25) is 5.91 Å². The minimum Gasteiger partial charge on any atom is -0.508 e. The molecule has 3 atom stereocenters. The summed E-state index contributed by atoms with van der Waals surface area (Å²) in [7, 11) is 0. The number of ether oxygens (including phenoxy) is 1. The summed E-state index contributed by atoms with van der Waals surface area (Å²) in [6, 6.07) is 13.2. The molecule has 2 amide bonds. The van der Waals surface area contributed by atoms with Gasteiger partial charge in [0, 0.05) is 16.6 Å². The summed E-state index contributed by atoms with van der Waals surface area (Å²) in [6.45, 7) is 3.28. The lowest BCUT2D eigenvalue weighted by atomic mass is 9.90. The third kappa shape index (κ3) is 4.71. The molecule has 7 nitrogen and oxygen atoms in total. The molecule has 3 unspecified atom stereocenters. The number of ketones is 1. The molecule has 0 radical (unpaired) electrons. The van der Waals surface area contributed by atoms with Crippen molar-refractivity contribution in [3.63, 3.8) is 0 Å². The minimum absolute atomic E-state index is 0.00322. The van der Waals surface area contributed by atoms with Crippen LogP contribution in [0.25, 0.3) is 0 Å². The zero-order valence-electron chi connectivity index (χ0n) is 16.6. The van der Waals surface area contributed by atoms with Gasteiger partial charge in [-0.2, -0.15) is 0 Å². The molecule has 1 fully saturated rings. The van der Waals surface area contributed by atoms with Crippen molar-refractivity contribution in [2.75, 3.05) is 13.2 Å². The molecule has 0 aromatic heterocycles. The standard InChI is InChI=1S/C22H23BrN2O5/c1-13-22(2,19(27)12-30-13)25-21(29)18(14-5-4-8-17(26)10-14)11-24-20(28)15-6-3-7-16(23)9-15/h3-10,13,18,26H,11-12H2,1-2H3,(H,24,28)(H,25,29). The van der Waals surface area contributed by atoms with Gasteiger partial charge in [-0.25, -0.2) is 0 Å². The van der Waals surface area contributed by atoms with Crippen LogP contribution < -0.4 is 10.6 Å². The Morgan fingerprint density at radius 3 is 2.63 bits per heavy atom. The number of hydrogen-bond acceptors (Lipinski definition) is 5. The average Bonchev–Trinajstić information content (AvgIpc) is 2.95. The lowest BCUT2D eigenvalue weighted by molar-refractivity contribution is -0.130. The Morgan fingerprint density at radius 2 is 2.00 bits per heavy atom. The summed E-state index contributed by atoms with van der Waals surface area (Å²) < 4.78 is 6.14. The molecule has 3 N–H and O–H groups in total. The second kappa shape index (κ2) is 8.97. The first-order valence-electron chi connectivity index (χ1n) is 9.50. The Balaban J connectivity index is 1.81. The number of aromatic hydroxyl groups is 1. The Labute approximate surface area is 182 Å². The normalized spacial score (nSPS) is 21.8. The molecule has 158 valence electrons. The SMILES string of the molecule is CC1OCC(=O)C1(C)NC(=O)C(CNC(=O)c1cccc(Br)c1)c1cccc(O)c1. The van der Waals surface area contributed by atoms with Crippen LogP contribution in [0, 0.1) is 0 Å². The first-order chi connectivity index (χ1) is 14.2. The van der Waals surface area contributed by atoms with Crippen molar-refractivity contribution in [2.45, 2.75) is 31.4 Å². The number of Topliss-reactive ketones (excluding diaryl/α,β-unsaturated/α-hetero) is 1. The number of phenolic OH excluding ortho intramolecular Hbond substituents is 1. The van der Waals surface area contributed by atoms with Gasteiger partial charge in [-0.1, -0.05) is 34.1 Å². The van der Waals surface area contributed by atoms with E-state index in [-0.39, 0.29) is 30.6 Å². The third-order valence-electron chi connectivity index (χ3n) is 5.38. The van der Waals surface area contributed by atoms with Gasteiger partial charge >= 0.3 is 0 Å².